The van der Waals surface area contributed by atoms with Crippen LogP contribution in [0, 0.1) is 0 Å². The number of carbonyl (C=O) groups is 2. The minimum absolute atomic E-state index is 0.0983. The molecule has 2 amide bonds. The van der Waals surface area contributed by atoms with Crippen molar-refractivity contribution in [3.63, 3.8) is 0 Å². The van der Waals surface area contributed by atoms with Gasteiger partial charge in [0, 0.05) is 29.5 Å². The number of hydrogen-bond donors (Lipinski definition) is 1. The lowest BCUT2D eigenvalue weighted by atomic mass is 10.0. The maximum atomic E-state index is 14.2. The van der Waals surface area contributed by atoms with Gasteiger partial charge < -0.3 is 19.7 Å². The van der Waals surface area contributed by atoms with Crippen LogP contribution in [0.1, 0.15) is 31.4 Å². The van der Waals surface area contributed by atoms with Crippen LogP contribution in [0.5, 0.6) is 11.5 Å². The Morgan fingerprint density at radius 2 is 1.57 bits per heavy atom. The van der Waals surface area contributed by atoms with E-state index in [-0.39, 0.29) is 30.6 Å². The van der Waals surface area contributed by atoms with Gasteiger partial charge in [-0.25, -0.2) is 8.42 Å². The summed E-state index contributed by atoms with van der Waals surface area (Å²) in [6, 6.07) is 20.5. The third-order valence-electron chi connectivity index (χ3n) is 6.87. The Bertz CT molecular complexity index is 1450. The van der Waals surface area contributed by atoms with E-state index in [0.717, 1.165) is 26.2 Å². The average molecular weight is 661 g/mol. The highest BCUT2D eigenvalue weighted by Crippen LogP contribution is 2.32. The normalized spacial score (nSPS) is 12.6. The SMILES string of the molecule is CC[C@@H](C)NC(=O)[C@H](Cc1ccccc1)N(Cc1ccc(Br)cc1)C(=O)CN(c1ccc(OC)c(OC)c1)S(C)(=O)=O. The van der Waals surface area contributed by atoms with Gasteiger partial charge in [-0.1, -0.05) is 65.3 Å². The molecule has 0 saturated heterocycles. The van der Waals surface area contributed by atoms with E-state index < -0.39 is 28.5 Å². The van der Waals surface area contributed by atoms with Crippen LogP contribution in [0.25, 0.3) is 0 Å². The highest BCUT2D eigenvalue weighted by atomic mass is 79.9. The molecular formula is C31H38BrN3O6S. The Kier molecular flexibility index (Phi) is 11.8. The lowest BCUT2D eigenvalue weighted by Crippen LogP contribution is -2.54. The fourth-order valence-electron chi connectivity index (χ4n) is 4.38. The largest absolute Gasteiger partial charge is 0.493 e. The molecule has 3 aromatic carbocycles. The first-order valence-electron chi connectivity index (χ1n) is 13.5. The van der Waals surface area contributed by atoms with E-state index in [4.69, 9.17) is 9.47 Å². The van der Waals surface area contributed by atoms with Crippen molar-refractivity contribution in [3.8, 4) is 11.5 Å². The number of hydrogen-bond acceptors (Lipinski definition) is 6. The van der Waals surface area contributed by atoms with Gasteiger partial charge >= 0.3 is 0 Å². The molecule has 0 aliphatic heterocycles. The van der Waals surface area contributed by atoms with Crippen LogP contribution in [-0.2, 0) is 32.6 Å². The molecule has 0 aliphatic rings. The predicted molar refractivity (Wildman–Crippen MR) is 168 cm³/mol. The first kappa shape index (κ1) is 32.9. The van der Waals surface area contributed by atoms with Crippen LogP contribution in [0.4, 0.5) is 5.69 Å². The van der Waals surface area contributed by atoms with Gasteiger partial charge in [-0.05, 0) is 48.7 Å². The molecule has 0 bridgehead atoms. The Hall–Kier alpha value is -3.57. The summed E-state index contributed by atoms with van der Waals surface area (Å²) in [7, 11) is -0.990. The molecule has 0 aromatic heterocycles. The standard InChI is InChI=1S/C31H38BrN3O6S/c1-6-22(2)33-31(37)27(18-23-10-8-7-9-11-23)34(20-24-12-14-25(32)15-13-24)30(36)21-35(42(5,38)39)26-16-17-28(40-3)29(19-26)41-4/h7-17,19,22,27H,6,18,20-21H2,1-5H3,(H,33,37)/t22-,27+/m1/s1. The van der Waals surface area contributed by atoms with E-state index in [0.29, 0.717) is 17.9 Å². The van der Waals surface area contributed by atoms with Crippen molar-refractivity contribution in [2.75, 3.05) is 31.3 Å². The van der Waals surface area contributed by atoms with Crippen molar-refractivity contribution in [1.29, 1.82) is 0 Å². The van der Waals surface area contributed by atoms with Gasteiger partial charge in [0.1, 0.15) is 12.6 Å². The van der Waals surface area contributed by atoms with Crippen LogP contribution >= 0.6 is 15.9 Å². The van der Waals surface area contributed by atoms with Gasteiger partial charge in [0.05, 0.1) is 26.2 Å². The Morgan fingerprint density at radius 1 is 0.929 bits per heavy atom. The molecular weight excluding hydrogens is 622 g/mol. The second kappa shape index (κ2) is 15.1. The number of amides is 2. The molecule has 0 aliphatic carbocycles. The zero-order valence-electron chi connectivity index (χ0n) is 24.5. The molecule has 3 rings (SSSR count). The van der Waals surface area contributed by atoms with Crippen LogP contribution in [0.3, 0.4) is 0 Å². The van der Waals surface area contributed by atoms with Gasteiger partial charge in [-0.15, -0.1) is 0 Å². The van der Waals surface area contributed by atoms with Crippen molar-refractivity contribution >= 4 is 43.5 Å². The molecule has 2 atom stereocenters. The summed E-state index contributed by atoms with van der Waals surface area (Å²) in [5.74, 6) is -0.103. The molecule has 11 heteroatoms. The number of ether oxygens (including phenoxy) is 2. The van der Waals surface area contributed by atoms with Crippen LogP contribution in [0.15, 0.2) is 77.3 Å². The van der Waals surface area contributed by atoms with E-state index in [1.54, 1.807) is 12.1 Å². The lowest BCUT2D eigenvalue weighted by molar-refractivity contribution is -0.140. The van der Waals surface area contributed by atoms with Crippen LogP contribution in [0.2, 0.25) is 0 Å². The third kappa shape index (κ3) is 8.96. The summed E-state index contributed by atoms with van der Waals surface area (Å²) in [5.41, 5.74) is 1.89. The van der Waals surface area contributed by atoms with Crippen LogP contribution < -0.4 is 19.1 Å². The molecule has 0 saturated carbocycles. The second-order valence-corrected chi connectivity index (χ2v) is 12.8. The number of nitrogens with zero attached hydrogens (tertiary/aromatic N) is 2. The van der Waals surface area contributed by atoms with Gasteiger partial charge in [0.25, 0.3) is 0 Å². The number of nitrogens with one attached hydrogen (secondary N) is 1. The number of rotatable bonds is 14. The highest BCUT2D eigenvalue weighted by Gasteiger charge is 2.33. The molecule has 0 unspecified atom stereocenters. The third-order valence-corrected chi connectivity index (χ3v) is 8.54. The molecule has 3 aromatic rings. The van der Waals surface area contributed by atoms with E-state index >= 15 is 0 Å². The number of methoxy groups -OCH3 is 2. The molecule has 42 heavy (non-hydrogen) atoms. The minimum Gasteiger partial charge on any atom is -0.493 e. The van der Waals surface area contributed by atoms with Crippen molar-refractivity contribution in [1.82, 2.24) is 10.2 Å². The summed E-state index contributed by atoms with van der Waals surface area (Å²) in [4.78, 5) is 29.4. The number of halogens is 1. The zero-order chi connectivity index (χ0) is 30.9. The fraction of sp³-hybridized carbons (Fsp3) is 0.355. The van der Waals surface area contributed by atoms with Gasteiger partial charge in [0.2, 0.25) is 21.8 Å². The van der Waals surface area contributed by atoms with Gasteiger partial charge in [-0.2, -0.15) is 0 Å². The Balaban J connectivity index is 2.07. The highest BCUT2D eigenvalue weighted by molar-refractivity contribution is 9.10. The molecule has 1 N–H and O–H groups in total. The summed E-state index contributed by atoms with van der Waals surface area (Å²) in [6.45, 7) is 3.45. The molecule has 9 nitrogen and oxygen atoms in total. The van der Waals surface area contributed by atoms with Crippen molar-refractivity contribution in [2.24, 2.45) is 0 Å². The summed E-state index contributed by atoms with van der Waals surface area (Å²) in [5, 5.41) is 3.02. The van der Waals surface area contributed by atoms with Crippen molar-refractivity contribution in [3.05, 3.63) is 88.4 Å². The Morgan fingerprint density at radius 3 is 2.14 bits per heavy atom. The monoisotopic (exact) mass is 659 g/mol. The van der Waals surface area contributed by atoms with E-state index in [9.17, 15) is 18.0 Å². The summed E-state index contributed by atoms with van der Waals surface area (Å²) in [6.07, 6.45) is 2.00. The topological polar surface area (TPSA) is 105 Å². The number of carbonyl (C=O) groups excluding carboxylic acids is 2. The first-order chi connectivity index (χ1) is 20.0. The molecule has 0 spiro atoms. The van der Waals surface area contributed by atoms with Crippen molar-refractivity contribution < 1.29 is 27.5 Å². The smallest absolute Gasteiger partial charge is 0.244 e. The molecule has 226 valence electrons. The maximum absolute atomic E-state index is 14.2. The predicted octanol–water partition coefficient (Wildman–Crippen LogP) is 4.79. The Labute approximate surface area is 257 Å². The zero-order valence-corrected chi connectivity index (χ0v) is 26.9. The van der Waals surface area contributed by atoms with Crippen molar-refractivity contribution in [2.45, 2.75) is 45.3 Å². The molecule has 0 fully saturated rings. The number of anilines is 1. The molecule has 0 radical (unpaired) electrons. The average Bonchev–Trinajstić information content (AvgIpc) is 2.97. The first-order valence-corrected chi connectivity index (χ1v) is 16.2. The number of sulfonamides is 1. The van der Waals surface area contributed by atoms with Crippen LogP contribution in [-0.4, -0.2) is 64.2 Å². The minimum atomic E-state index is -3.91. The van der Waals surface area contributed by atoms with Gasteiger partial charge in [0.15, 0.2) is 11.5 Å². The maximum Gasteiger partial charge on any atom is 0.244 e. The summed E-state index contributed by atoms with van der Waals surface area (Å²) < 4.78 is 38.6. The van der Waals surface area contributed by atoms with Gasteiger partial charge in [-0.3, -0.25) is 13.9 Å². The quantitative estimate of drug-likeness (QED) is 0.267. The van der Waals surface area contributed by atoms with E-state index in [1.807, 2.05) is 68.4 Å². The molecule has 0 heterocycles. The number of benzene rings is 3. The van der Waals surface area contributed by atoms with E-state index in [2.05, 4.69) is 21.2 Å². The second-order valence-electron chi connectivity index (χ2n) is 9.98. The fourth-order valence-corrected chi connectivity index (χ4v) is 5.48. The lowest BCUT2D eigenvalue weighted by Gasteiger charge is -2.34. The summed E-state index contributed by atoms with van der Waals surface area (Å²) >= 11 is 3.44. The van der Waals surface area contributed by atoms with E-state index in [1.165, 1.54) is 25.2 Å².